The normalized spacial score (nSPS) is 11.7. The number of nitrogens with one attached hydrogen (secondary N) is 2. The summed E-state index contributed by atoms with van der Waals surface area (Å²) in [5.74, 6) is -0.0591. The second kappa shape index (κ2) is 5.33. The van der Waals surface area contributed by atoms with Gasteiger partial charge < -0.3 is 10.3 Å². The van der Waals surface area contributed by atoms with Gasteiger partial charge >= 0.3 is 0 Å². The Kier molecular flexibility index (Phi) is 3.51. The van der Waals surface area contributed by atoms with Gasteiger partial charge in [0.1, 0.15) is 0 Å². The van der Waals surface area contributed by atoms with Crippen molar-refractivity contribution in [2.24, 2.45) is 0 Å². The first kappa shape index (κ1) is 13.8. The van der Waals surface area contributed by atoms with E-state index < -0.39 is 0 Å². The molecule has 2 N–H and O–H groups in total. The van der Waals surface area contributed by atoms with E-state index in [-0.39, 0.29) is 11.3 Å². The molecule has 0 unspecified atom stereocenters. The largest absolute Gasteiger partial charge is 0.351 e. The molecule has 3 rings (SSSR count). The number of aromatic amines is 1. The minimum Gasteiger partial charge on any atom is -0.351 e. The van der Waals surface area contributed by atoms with Crippen LogP contribution >= 0.6 is 11.3 Å². The van der Waals surface area contributed by atoms with Crippen LogP contribution in [-0.2, 0) is 5.41 Å². The molecule has 0 aliphatic rings. The number of nitrogens with zero attached hydrogens (tertiary/aromatic N) is 1. The molecule has 2 heterocycles. The van der Waals surface area contributed by atoms with E-state index in [9.17, 15) is 4.79 Å². The fraction of sp³-hybridized carbons (Fsp3) is 0.250. The maximum atomic E-state index is 12.3. The van der Waals surface area contributed by atoms with Crippen molar-refractivity contribution in [3.63, 3.8) is 0 Å². The Bertz CT molecular complexity index is 759. The van der Waals surface area contributed by atoms with Crippen molar-refractivity contribution < 1.29 is 4.79 Å². The lowest BCUT2D eigenvalue weighted by atomic mass is 9.91. The van der Waals surface area contributed by atoms with Crippen molar-refractivity contribution in [3.8, 4) is 0 Å². The first-order chi connectivity index (χ1) is 10.1. The maximum absolute atomic E-state index is 12.3. The van der Waals surface area contributed by atoms with E-state index in [0.29, 0.717) is 12.1 Å². The predicted octanol–water partition coefficient (Wildman–Crippen LogP) is 3.33. The zero-order chi connectivity index (χ0) is 14.9. The number of imidazole rings is 1. The monoisotopic (exact) mass is 299 g/mol. The Morgan fingerprint density at radius 3 is 3.00 bits per heavy atom. The Morgan fingerprint density at radius 2 is 2.24 bits per heavy atom. The number of amides is 1. The number of thiophene rings is 1. The van der Waals surface area contributed by atoms with E-state index in [1.807, 2.05) is 18.2 Å². The molecule has 0 radical (unpaired) electrons. The molecule has 0 saturated carbocycles. The van der Waals surface area contributed by atoms with Crippen LogP contribution in [-0.4, -0.2) is 22.4 Å². The van der Waals surface area contributed by atoms with Crippen LogP contribution in [0, 0.1) is 0 Å². The van der Waals surface area contributed by atoms with Crippen LogP contribution in [0.25, 0.3) is 11.0 Å². The van der Waals surface area contributed by atoms with E-state index in [1.54, 1.807) is 23.7 Å². The molecule has 0 saturated heterocycles. The van der Waals surface area contributed by atoms with Crippen LogP contribution in [0.4, 0.5) is 0 Å². The zero-order valence-corrected chi connectivity index (χ0v) is 12.8. The summed E-state index contributed by atoms with van der Waals surface area (Å²) in [6.07, 6.45) is 1.63. The van der Waals surface area contributed by atoms with Crippen molar-refractivity contribution in [2.75, 3.05) is 6.54 Å². The van der Waals surface area contributed by atoms with Crippen molar-refractivity contribution in [2.45, 2.75) is 19.3 Å². The average molecular weight is 299 g/mol. The van der Waals surface area contributed by atoms with Crippen LogP contribution in [0.1, 0.15) is 29.1 Å². The Morgan fingerprint density at radius 1 is 1.38 bits per heavy atom. The summed E-state index contributed by atoms with van der Waals surface area (Å²) >= 11 is 1.72. The molecule has 0 aliphatic heterocycles. The molecular weight excluding hydrogens is 282 g/mol. The van der Waals surface area contributed by atoms with Crippen LogP contribution < -0.4 is 5.32 Å². The lowest BCUT2D eigenvalue weighted by Crippen LogP contribution is -2.36. The summed E-state index contributed by atoms with van der Waals surface area (Å²) < 4.78 is 0. The van der Waals surface area contributed by atoms with E-state index >= 15 is 0 Å². The molecule has 3 aromatic rings. The molecule has 4 nitrogen and oxygen atoms in total. The summed E-state index contributed by atoms with van der Waals surface area (Å²) in [5.41, 5.74) is 2.32. The van der Waals surface area contributed by atoms with Crippen molar-refractivity contribution >= 4 is 28.3 Å². The van der Waals surface area contributed by atoms with E-state index in [0.717, 1.165) is 11.0 Å². The Hall–Kier alpha value is -2.14. The van der Waals surface area contributed by atoms with Gasteiger partial charge in [-0.3, -0.25) is 4.79 Å². The first-order valence-corrected chi connectivity index (χ1v) is 7.69. The van der Waals surface area contributed by atoms with Gasteiger partial charge in [-0.25, -0.2) is 4.98 Å². The number of fused-ring (bicyclic) bond motifs is 1. The molecule has 0 fully saturated rings. The number of hydrogen-bond donors (Lipinski definition) is 2. The molecule has 108 valence electrons. The molecule has 5 heteroatoms. The molecule has 1 amide bonds. The van der Waals surface area contributed by atoms with E-state index in [1.165, 1.54) is 4.88 Å². The molecular formula is C16H17N3OS. The number of hydrogen-bond acceptors (Lipinski definition) is 3. The highest BCUT2D eigenvalue weighted by Crippen LogP contribution is 2.26. The average Bonchev–Trinajstić information content (AvgIpc) is 3.14. The van der Waals surface area contributed by atoms with Crippen molar-refractivity contribution in [3.05, 3.63) is 52.5 Å². The third kappa shape index (κ3) is 2.83. The van der Waals surface area contributed by atoms with Crippen molar-refractivity contribution in [1.29, 1.82) is 0 Å². The number of carbonyl (C=O) groups excluding carboxylic acids is 1. The number of benzene rings is 1. The lowest BCUT2D eigenvalue weighted by molar-refractivity contribution is 0.0946. The van der Waals surface area contributed by atoms with Gasteiger partial charge in [-0.1, -0.05) is 19.9 Å². The van der Waals surface area contributed by atoms with Gasteiger partial charge in [0.25, 0.3) is 5.91 Å². The van der Waals surface area contributed by atoms with E-state index in [2.05, 4.69) is 40.6 Å². The number of H-pyrrole nitrogens is 1. The molecule has 0 aliphatic carbocycles. The van der Waals surface area contributed by atoms with Gasteiger partial charge in [-0.05, 0) is 29.6 Å². The third-order valence-corrected chi connectivity index (χ3v) is 4.80. The second-order valence-electron chi connectivity index (χ2n) is 5.68. The van der Waals surface area contributed by atoms with E-state index in [4.69, 9.17) is 0 Å². The van der Waals surface area contributed by atoms with Gasteiger partial charge in [0.2, 0.25) is 0 Å². The summed E-state index contributed by atoms with van der Waals surface area (Å²) in [7, 11) is 0. The maximum Gasteiger partial charge on any atom is 0.251 e. The fourth-order valence-electron chi connectivity index (χ4n) is 2.23. The first-order valence-electron chi connectivity index (χ1n) is 6.81. The zero-order valence-electron chi connectivity index (χ0n) is 12.0. The van der Waals surface area contributed by atoms with Gasteiger partial charge in [0, 0.05) is 22.4 Å². The Labute approximate surface area is 127 Å². The standard InChI is InChI=1S/C16H17N3OS/c1-16(2,14-4-3-7-21-14)9-17-15(20)11-5-6-12-13(8-11)19-10-18-12/h3-8,10H,9H2,1-2H3,(H,17,20)(H,18,19). The lowest BCUT2D eigenvalue weighted by Gasteiger charge is -2.23. The topological polar surface area (TPSA) is 57.8 Å². The molecule has 2 aromatic heterocycles. The summed E-state index contributed by atoms with van der Waals surface area (Å²) in [5, 5.41) is 5.08. The van der Waals surface area contributed by atoms with Crippen LogP contribution in [0.15, 0.2) is 42.0 Å². The third-order valence-electron chi connectivity index (χ3n) is 3.56. The predicted molar refractivity (Wildman–Crippen MR) is 85.8 cm³/mol. The SMILES string of the molecule is CC(C)(CNC(=O)c1ccc2nc[nH]c2c1)c1cccs1. The smallest absolute Gasteiger partial charge is 0.251 e. The number of aromatic nitrogens is 2. The molecule has 0 spiro atoms. The highest BCUT2D eigenvalue weighted by molar-refractivity contribution is 7.10. The van der Waals surface area contributed by atoms with Gasteiger partial charge in [0.05, 0.1) is 17.4 Å². The highest BCUT2D eigenvalue weighted by Gasteiger charge is 2.22. The summed E-state index contributed by atoms with van der Waals surface area (Å²) in [6, 6.07) is 9.63. The van der Waals surface area contributed by atoms with Crippen LogP contribution in [0.5, 0.6) is 0 Å². The molecule has 0 bridgehead atoms. The van der Waals surface area contributed by atoms with Gasteiger partial charge in [-0.15, -0.1) is 11.3 Å². The minimum absolute atomic E-state index is 0.0591. The second-order valence-corrected chi connectivity index (χ2v) is 6.63. The quantitative estimate of drug-likeness (QED) is 0.776. The summed E-state index contributed by atoms with van der Waals surface area (Å²) in [4.78, 5) is 20.7. The molecule has 1 aromatic carbocycles. The fourth-order valence-corrected chi connectivity index (χ4v) is 3.08. The summed E-state index contributed by atoms with van der Waals surface area (Å²) in [6.45, 7) is 4.88. The van der Waals surface area contributed by atoms with Crippen LogP contribution in [0.3, 0.4) is 0 Å². The van der Waals surface area contributed by atoms with Crippen molar-refractivity contribution in [1.82, 2.24) is 15.3 Å². The molecule has 21 heavy (non-hydrogen) atoms. The number of carbonyl (C=O) groups is 1. The van der Waals surface area contributed by atoms with Gasteiger partial charge in [0.15, 0.2) is 0 Å². The number of rotatable bonds is 4. The van der Waals surface area contributed by atoms with Crippen LogP contribution in [0.2, 0.25) is 0 Å². The minimum atomic E-state index is -0.0675. The van der Waals surface area contributed by atoms with Gasteiger partial charge in [-0.2, -0.15) is 0 Å². The highest BCUT2D eigenvalue weighted by atomic mass is 32.1. The Balaban J connectivity index is 1.71. The molecule has 0 atom stereocenters.